The monoisotopic (exact) mass is 249 g/mol. The second-order valence-electron chi connectivity index (χ2n) is 5.17. The first-order valence-electron chi connectivity index (χ1n) is 6.85. The molecule has 1 unspecified atom stereocenters. The minimum atomic E-state index is 0.368. The molecule has 0 saturated carbocycles. The Labute approximate surface area is 115 Å². The molecular formula is C18H19N. The molecule has 0 aromatic heterocycles. The molecule has 0 heterocycles. The molecule has 1 nitrogen and oxygen atoms in total. The molecule has 0 fully saturated rings. The Balaban J connectivity index is 1.91. The highest BCUT2D eigenvalue weighted by molar-refractivity contribution is 5.76. The second kappa shape index (κ2) is 5.02. The van der Waals surface area contributed by atoms with Crippen LogP contribution in [0.15, 0.2) is 55.1 Å². The molecule has 0 saturated heterocycles. The lowest BCUT2D eigenvalue weighted by Gasteiger charge is -2.14. The normalized spacial score (nSPS) is 13.7. The van der Waals surface area contributed by atoms with Crippen molar-refractivity contribution in [1.82, 2.24) is 5.32 Å². The van der Waals surface area contributed by atoms with E-state index in [2.05, 4.69) is 61.3 Å². The Kier molecular flexibility index (Phi) is 3.22. The largest absolute Gasteiger partial charge is 0.307 e. The van der Waals surface area contributed by atoms with Crippen LogP contribution in [0.1, 0.15) is 29.7 Å². The van der Waals surface area contributed by atoms with Gasteiger partial charge in [0.2, 0.25) is 0 Å². The van der Waals surface area contributed by atoms with Gasteiger partial charge in [-0.25, -0.2) is 0 Å². The third-order valence-electron chi connectivity index (χ3n) is 3.89. The standard InChI is InChI=1S/C18H19N/c1-3-10-19-13(2)14-8-9-18-16(11-14)12-15-6-4-5-7-17(15)18/h3-9,11,13,19H,1,10,12H2,2H3. The van der Waals surface area contributed by atoms with E-state index in [4.69, 9.17) is 0 Å². The summed E-state index contributed by atoms with van der Waals surface area (Å²) in [5.74, 6) is 0. The molecule has 0 aliphatic heterocycles. The van der Waals surface area contributed by atoms with E-state index < -0.39 is 0 Å². The molecule has 1 N–H and O–H groups in total. The van der Waals surface area contributed by atoms with Crippen LogP contribution in [-0.2, 0) is 6.42 Å². The van der Waals surface area contributed by atoms with Gasteiger partial charge in [-0.2, -0.15) is 0 Å². The minimum absolute atomic E-state index is 0.368. The van der Waals surface area contributed by atoms with Crippen LogP contribution in [0.3, 0.4) is 0 Å². The average Bonchev–Trinajstić information content (AvgIpc) is 2.82. The molecule has 2 aromatic rings. The van der Waals surface area contributed by atoms with Gasteiger partial charge in [0.05, 0.1) is 0 Å². The fraction of sp³-hybridized carbons (Fsp3) is 0.222. The Bertz CT molecular complexity index is 613. The summed E-state index contributed by atoms with van der Waals surface area (Å²) in [5.41, 5.74) is 7.05. The van der Waals surface area contributed by atoms with Crippen molar-refractivity contribution in [1.29, 1.82) is 0 Å². The molecule has 19 heavy (non-hydrogen) atoms. The lowest BCUT2D eigenvalue weighted by Crippen LogP contribution is -2.18. The Morgan fingerprint density at radius 3 is 2.79 bits per heavy atom. The molecule has 0 spiro atoms. The first-order valence-corrected chi connectivity index (χ1v) is 6.85. The van der Waals surface area contributed by atoms with Crippen molar-refractivity contribution in [3.8, 4) is 11.1 Å². The van der Waals surface area contributed by atoms with Crippen LogP contribution in [-0.4, -0.2) is 6.54 Å². The highest BCUT2D eigenvalue weighted by Gasteiger charge is 2.18. The van der Waals surface area contributed by atoms with Crippen molar-refractivity contribution >= 4 is 0 Å². The molecule has 0 bridgehead atoms. The van der Waals surface area contributed by atoms with Gasteiger partial charge in [-0.1, -0.05) is 48.5 Å². The number of benzene rings is 2. The van der Waals surface area contributed by atoms with Crippen molar-refractivity contribution in [3.63, 3.8) is 0 Å². The van der Waals surface area contributed by atoms with Gasteiger partial charge in [0.15, 0.2) is 0 Å². The van der Waals surface area contributed by atoms with Gasteiger partial charge in [-0.15, -0.1) is 6.58 Å². The van der Waals surface area contributed by atoms with Crippen molar-refractivity contribution in [3.05, 3.63) is 71.8 Å². The van der Waals surface area contributed by atoms with Gasteiger partial charge in [-0.3, -0.25) is 0 Å². The van der Waals surface area contributed by atoms with Crippen LogP contribution in [0.25, 0.3) is 11.1 Å². The van der Waals surface area contributed by atoms with Gasteiger partial charge in [0, 0.05) is 12.6 Å². The lowest BCUT2D eigenvalue weighted by molar-refractivity contribution is 0.617. The molecule has 3 rings (SSSR count). The maximum absolute atomic E-state index is 3.75. The smallest absolute Gasteiger partial charge is 0.0294 e. The van der Waals surface area contributed by atoms with Crippen LogP contribution >= 0.6 is 0 Å². The summed E-state index contributed by atoms with van der Waals surface area (Å²) in [6, 6.07) is 15.9. The second-order valence-corrected chi connectivity index (χ2v) is 5.17. The predicted octanol–water partition coefficient (Wildman–Crippen LogP) is 4.09. The van der Waals surface area contributed by atoms with E-state index in [1.807, 2.05) is 6.08 Å². The quantitative estimate of drug-likeness (QED) is 0.687. The molecule has 0 amide bonds. The van der Waals surface area contributed by atoms with Crippen LogP contribution in [0.5, 0.6) is 0 Å². The summed E-state index contributed by atoms with van der Waals surface area (Å²) < 4.78 is 0. The molecular weight excluding hydrogens is 230 g/mol. The zero-order chi connectivity index (χ0) is 13.2. The fourth-order valence-electron chi connectivity index (χ4n) is 2.81. The van der Waals surface area contributed by atoms with Crippen LogP contribution in [0.4, 0.5) is 0 Å². The predicted molar refractivity (Wildman–Crippen MR) is 81.3 cm³/mol. The van der Waals surface area contributed by atoms with Crippen molar-refractivity contribution in [2.24, 2.45) is 0 Å². The van der Waals surface area contributed by atoms with Gasteiger partial charge in [-0.05, 0) is 41.2 Å². The number of fused-ring (bicyclic) bond motifs is 3. The molecule has 2 aromatic carbocycles. The Morgan fingerprint density at radius 1 is 1.16 bits per heavy atom. The summed E-state index contributed by atoms with van der Waals surface area (Å²) in [7, 11) is 0. The average molecular weight is 249 g/mol. The van der Waals surface area contributed by atoms with Gasteiger partial charge in [0.1, 0.15) is 0 Å². The van der Waals surface area contributed by atoms with Gasteiger partial charge < -0.3 is 5.32 Å². The SMILES string of the molecule is C=CCNC(C)c1ccc2c(c1)Cc1ccccc1-2. The third-order valence-corrected chi connectivity index (χ3v) is 3.89. The Hall–Kier alpha value is -1.86. The molecule has 1 atom stereocenters. The zero-order valence-corrected chi connectivity index (χ0v) is 11.3. The molecule has 96 valence electrons. The van der Waals surface area contributed by atoms with Crippen LogP contribution < -0.4 is 5.32 Å². The first kappa shape index (κ1) is 12.2. The maximum Gasteiger partial charge on any atom is 0.0294 e. The molecule has 0 radical (unpaired) electrons. The van der Waals surface area contributed by atoms with Crippen molar-refractivity contribution < 1.29 is 0 Å². The summed E-state index contributed by atoms with van der Waals surface area (Å²) in [5, 5.41) is 3.44. The van der Waals surface area contributed by atoms with E-state index >= 15 is 0 Å². The minimum Gasteiger partial charge on any atom is -0.307 e. The van der Waals surface area contributed by atoms with Crippen LogP contribution in [0.2, 0.25) is 0 Å². The highest BCUT2D eigenvalue weighted by Crippen LogP contribution is 2.37. The summed E-state index contributed by atoms with van der Waals surface area (Å²) in [4.78, 5) is 0. The molecule has 1 aliphatic carbocycles. The van der Waals surface area contributed by atoms with Gasteiger partial charge in [0.25, 0.3) is 0 Å². The maximum atomic E-state index is 3.75. The topological polar surface area (TPSA) is 12.0 Å². The van der Waals surface area contributed by atoms with E-state index in [0.29, 0.717) is 6.04 Å². The number of nitrogens with one attached hydrogen (secondary N) is 1. The molecule has 1 heteroatoms. The van der Waals surface area contributed by atoms with Crippen LogP contribution in [0, 0.1) is 0 Å². The zero-order valence-electron chi connectivity index (χ0n) is 11.3. The summed E-state index contributed by atoms with van der Waals surface area (Å²) in [6.07, 6.45) is 2.97. The first-order chi connectivity index (χ1) is 9.29. The van der Waals surface area contributed by atoms with Crippen molar-refractivity contribution in [2.45, 2.75) is 19.4 Å². The van der Waals surface area contributed by atoms with E-state index in [-0.39, 0.29) is 0 Å². The van der Waals surface area contributed by atoms with E-state index in [1.54, 1.807) is 0 Å². The highest BCUT2D eigenvalue weighted by atomic mass is 14.9. The number of rotatable bonds is 4. The van der Waals surface area contributed by atoms with E-state index in [9.17, 15) is 0 Å². The van der Waals surface area contributed by atoms with E-state index in [0.717, 1.165) is 13.0 Å². The summed E-state index contributed by atoms with van der Waals surface area (Å²) >= 11 is 0. The Morgan fingerprint density at radius 2 is 1.95 bits per heavy atom. The van der Waals surface area contributed by atoms with Gasteiger partial charge >= 0.3 is 0 Å². The third kappa shape index (κ3) is 2.22. The van der Waals surface area contributed by atoms with Crippen molar-refractivity contribution in [2.75, 3.05) is 6.54 Å². The fourth-order valence-corrected chi connectivity index (χ4v) is 2.81. The van der Waals surface area contributed by atoms with E-state index in [1.165, 1.54) is 27.8 Å². The lowest BCUT2D eigenvalue weighted by atomic mass is 10.0. The summed E-state index contributed by atoms with van der Waals surface area (Å²) in [6.45, 7) is 6.80. The number of hydrogen-bond acceptors (Lipinski definition) is 1. The molecule has 1 aliphatic rings. The number of hydrogen-bond donors (Lipinski definition) is 1.